The van der Waals surface area contributed by atoms with Crippen LogP contribution in [0.25, 0.3) is 22.3 Å². The number of hydrogen-bond acceptors (Lipinski definition) is 11. The smallest absolute Gasteiger partial charge is 0.206 e. The molecule has 0 aliphatic heterocycles. The summed E-state index contributed by atoms with van der Waals surface area (Å²) in [6.45, 7) is 2.14. The first-order valence-corrected chi connectivity index (χ1v) is 32.3. The molecule has 14 N–H and O–H groups in total. The van der Waals surface area contributed by atoms with Crippen LogP contribution >= 0.6 is 23.2 Å². The van der Waals surface area contributed by atoms with Crippen molar-refractivity contribution in [2.45, 2.75) is 37.3 Å². The van der Waals surface area contributed by atoms with Crippen LogP contribution in [-0.4, -0.2) is 16.8 Å². The van der Waals surface area contributed by atoms with E-state index in [4.69, 9.17) is 63.3 Å². The number of halogens is 2. The molecule has 2 aliphatic carbocycles. The van der Waals surface area contributed by atoms with Gasteiger partial charge in [-0.2, -0.15) is 0 Å². The molecule has 11 nitrogen and oxygen atoms in total. The zero-order valence-electron chi connectivity index (χ0n) is 48.8. The summed E-state index contributed by atoms with van der Waals surface area (Å²) in [6.07, 6.45) is 0. The van der Waals surface area contributed by atoms with Crippen molar-refractivity contribution in [3.8, 4) is 22.3 Å². The second-order valence-electron chi connectivity index (χ2n) is 21.9. The van der Waals surface area contributed by atoms with Gasteiger partial charge in [-0.25, -0.2) is 16.8 Å². The van der Waals surface area contributed by atoms with Gasteiger partial charge in [0.05, 0.1) is 51.8 Å². The molecule has 0 fully saturated rings. The molecule has 12 aromatic rings. The lowest BCUT2D eigenvalue weighted by atomic mass is 9.67. The third-order valence-electron chi connectivity index (χ3n) is 16.3. The molecule has 0 atom stereocenters. The minimum Gasteiger partial charge on any atom is -0.399 e. The molecule has 0 aromatic heterocycles. The average Bonchev–Trinajstić information content (AvgIpc) is 1.63. The molecule has 15 heteroatoms. The van der Waals surface area contributed by atoms with Crippen molar-refractivity contribution in [3.63, 3.8) is 0 Å². The molecule has 0 unspecified atom stereocenters. The fourth-order valence-corrected chi connectivity index (χ4v) is 15.0. The zero-order chi connectivity index (χ0) is 63.5. The van der Waals surface area contributed by atoms with Crippen LogP contribution in [0.5, 0.6) is 0 Å². The zero-order valence-corrected chi connectivity index (χ0v) is 51.9. The van der Waals surface area contributed by atoms with Gasteiger partial charge >= 0.3 is 0 Å². The molecule has 0 bridgehead atoms. The maximum absolute atomic E-state index is 12.2. The maximum Gasteiger partial charge on any atom is 0.206 e. The van der Waals surface area contributed by atoms with Crippen LogP contribution in [0.2, 0.25) is 10.0 Å². The average molecular weight is 1260 g/mol. The lowest BCUT2D eigenvalue weighted by Gasteiger charge is -2.34. The molecule has 0 radical (unpaired) electrons. The number of fused-ring (bicyclic) bond motifs is 6. The Morgan fingerprint density at radius 1 is 0.278 bits per heavy atom. The molecule has 0 spiro atoms. The third-order valence-corrected chi connectivity index (χ3v) is 20.5. The van der Waals surface area contributed by atoms with E-state index in [1.54, 1.807) is 48.5 Å². The molecule has 0 saturated carbocycles. The summed E-state index contributed by atoms with van der Waals surface area (Å²) in [5.41, 5.74) is 59.1. The number of hydrogen-bond donors (Lipinski definition) is 7. The standard InChI is InChI=1S/C26H21N.C25H18Cl2N2.2C12H12N2O2S/c1-18-10-12-19(13-11-18)26(20-14-16-21(27)17-15-20)24-8-4-2-6-22(24)23-7-3-5-9-25(23)26;26-21-13-15(9-11-23(21)28)25(16-10-12-24(29)22(27)14-16)19-7-3-1-5-17(19)18-6-2-4-8-20(18)25;13-9-1-5-11(6-2-9)17(15,16)12-7-3-10(14)4-8-12;13-9-3-1-5-11(7-9)17(15,16)12-6-2-4-10(14)8-12/h2-17H,27H2,1H3;1-14H,28-29H2;2*1-8H,13-14H2. The van der Waals surface area contributed by atoms with E-state index in [0.29, 0.717) is 44.2 Å². The molecule has 0 heterocycles. The van der Waals surface area contributed by atoms with E-state index in [-0.39, 0.29) is 25.0 Å². The number of nitrogen functional groups attached to an aromatic ring is 7. The molecule has 0 saturated heterocycles. The van der Waals surface area contributed by atoms with Crippen molar-refractivity contribution in [2.75, 3.05) is 40.1 Å². The first-order chi connectivity index (χ1) is 43.2. The summed E-state index contributed by atoms with van der Waals surface area (Å²) >= 11 is 13.0. The van der Waals surface area contributed by atoms with Crippen molar-refractivity contribution in [1.29, 1.82) is 0 Å². The van der Waals surface area contributed by atoms with Crippen LogP contribution in [0, 0.1) is 6.92 Å². The number of benzene rings is 12. The molecule has 2 aliphatic rings. The normalized spacial score (nSPS) is 12.8. The van der Waals surface area contributed by atoms with Crippen LogP contribution in [0.4, 0.5) is 39.8 Å². The fraction of sp³-hybridized carbons (Fsp3) is 0.0400. The van der Waals surface area contributed by atoms with Gasteiger partial charge in [0.25, 0.3) is 0 Å². The molecule has 12 aromatic carbocycles. The Bertz CT molecular complexity index is 4580. The predicted octanol–water partition coefficient (Wildman–Crippen LogP) is 15.8. The van der Waals surface area contributed by atoms with Crippen LogP contribution < -0.4 is 40.1 Å². The number of sulfone groups is 2. The van der Waals surface area contributed by atoms with Gasteiger partial charge in [-0.1, -0.05) is 186 Å². The van der Waals surface area contributed by atoms with Gasteiger partial charge in [0.2, 0.25) is 19.7 Å². The Balaban J connectivity index is 0.000000127. The largest absolute Gasteiger partial charge is 0.399 e. The summed E-state index contributed by atoms with van der Waals surface area (Å²) in [6, 6.07) is 88.1. The Hall–Kier alpha value is -10.3. The van der Waals surface area contributed by atoms with E-state index in [2.05, 4.69) is 140 Å². The number of aryl methyl sites for hydroxylation is 1. The van der Waals surface area contributed by atoms with Crippen molar-refractivity contribution in [2.24, 2.45) is 0 Å². The Kier molecular flexibility index (Phi) is 17.1. The lowest BCUT2D eigenvalue weighted by Crippen LogP contribution is -2.28. The highest BCUT2D eigenvalue weighted by Crippen LogP contribution is 2.58. The van der Waals surface area contributed by atoms with Crippen LogP contribution in [0.3, 0.4) is 0 Å². The topological polar surface area (TPSA) is 250 Å². The van der Waals surface area contributed by atoms with Gasteiger partial charge in [-0.3, -0.25) is 0 Å². The summed E-state index contributed by atoms with van der Waals surface area (Å²) in [7, 11) is -7.03. The van der Waals surface area contributed by atoms with Crippen molar-refractivity contribution < 1.29 is 16.8 Å². The molecular weight excluding hydrogens is 1200 g/mol. The Morgan fingerprint density at radius 3 is 0.900 bits per heavy atom. The summed E-state index contributed by atoms with van der Waals surface area (Å²) in [4.78, 5) is 0.777. The summed E-state index contributed by atoms with van der Waals surface area (Å²) in [5.74, 6) is 0. The second-order valence-corrected chi connectivity index (χ2v) is 26.6. The van der Waals surface area contributed by atoms with E-state index in [9.17, 15) is 16.8 Å². The lowest BCUT2D eigenvalue weighted by molar-refractivity contribution is 0.594. The highest BCUT2D eigenvalue weighted by Gasteiger charge is 2.47. The van der Waals surface area contributed by atoms with Crippen molar-refractivity contribution in [1.82, 2.24) is 0 Å². The van der Waals surface area contributed by atoms with E-state index < -0.39 is 25.1 Å². The SMILES string of the molecule is Cc1ccc(C2(c3ccc(N)cc3)c3ccccc3-c3ccccc32)cc1.Nc1ccc(C2(c3ccc(N)c(Cl)c3)c3ccccc3-c3ccccc32)cc1Cl.Nc1ccc(S(=O)(=O)c2ccc(N)cc2)cc1.Nc1cccc(S(=O)(=O)c2cccc(N)c2)c1. The minimum absolute atomic E-state index is 0.170. The van der Waals surface area contributed by atoms with Gasteiger partial charge < -0.3 is 40.1 Å². The van der Waals surface area contributed by atoms with Crippen molar-refractivity contribution in [3.05, 3.63) is 339 Å². The van der Waals surface area contributed by atoms with Gasteiger partial charge in [0.1, 0.15) is 0 Å². The Labute approximate surface area is 534 Å². The van der Waals surface area contributed by atoms with Crippen LogP contribution in [0.15, 0.2) is 299 Å². The molecule has 90 heavy (non-hydrogen) atoms. The van der Waals surface area contributed by atoms with E-state index in [1.165, 1.54) is 110 Å². The minimum atomic E-state index is -3.54. The quantitative estimate of drug-likeness (QED) is 0.0705. The highest BCUT2D eigenvalue weighted by atomic mass is 35.5. The number of anilines is 7. The molecular formula is C75H63Cl2N7O4S2. The summed E-state index contributed by atoms with van der Waals surface area (Å²) in [5, 5.41) is 1.07. The van der Waals surface area contributed by atoms with E-state index >= 15 is 0 Å². The van der Waals surface area contributed by atoms with Gasteiger partial charge in [-0.05, 0) is 195 Å². The van der Waals surface area contributed by atoms with Gasteiger partial charge in [0.15, 0.2) is 0 Å². The van der Waals surface area contributed by atoms with E-state index in [0.717, 1.165) is 16.8 Å². The monoisotopic (exact) mass is 1260 g/mol. The first kappa shape index (κ1) is 61.4. The fourth-order valence-electron chi connectivity index (χ4n) is 12.0. The van der Waals surface area contributed by atoms with Gasteiger partial charge in [0, 0.05) is 28.4 Å². The highest BCUT2D eigenvalue weighted by molar-refractivity contribution is 7.91. The molecule has 14 rings (SSSR count). The number of nitrogens with two attached hydrogens (primary N) is 7. The predicted molar refractivity (Wildman–Crippen MR) is 370 cm³/mol. The van der Waals surface area contributed by atoms with E-state index in [1.807, 2.05) is 48.5 Å². The molecule has 448 valence electrons. The first-order valence-electron chi connectivity index (χ1n) is 28.6. The number of rotatable bonds is 8. The van der Waals surface area contributed by atoms with Gasteiger partial charge in [-0.15, -0.1) is 0 Å². The maximum atomic E-state index is 12.2. The Morgan fingerprint density at radius 2 is 0.567 bits per heavy atom. The van der Waals surface area contributed by atoms with Crippen molar-refractivity contribution >= 4 is 82.7 Å². The third kappa shape index (κ3) is 11.5. The van der Waals surface area contributed by atoms with Crippen LogP contribution in [0.1, 0.15) is 50.1 Å². The summed E-state index contributed by atoms with van der Waals surface area (Å²) < 4.78 is 48.8. The van der Waals surface area contributed by atoms with Crippen LogP contribution in [-0.2, 0) is 30.5 Å². The molecule has 0 amide bonds. The second kappa shape index (κ2) is 25.1.